The minimum atomic E-state index is -0.155. The van der Waals surface area contributed by atoms with E-state index in [0.29, 0.717) is 5.69 Å². The van der Waals surface area contributed by atoms with Gasteiger partial charge in [0.2, 0.25) is 0 Å². The molecule has 0 spiro atoms. The fourth-order valence-corrected chi connectivity index (χ4v) is 4.26. The standard InChI is InChI=1S/C21H30N6O3/c1-15-17(14-26-10-4-3-5-11-26)20(24-30-15)21(29)22-16-8-12-27(13-9-16)18-6-7-19(28)25(2)23-18/h6-7,16H,3-5,8-14H2,1-2H3,(H,22,29). The second-order valence-electron chi connectivity index (χ2n) is 8.29. The first kappa shape index (κ1) is 20.6. The van der Waals surface area contributed by atoms with Crippen LogP contribution in [0.1, 0.15) is 53.9 Å². The number of carbonyl (C=O) groups excluding carboxylic acids is 1. The summed E-state index contributed by atoms with van der Waals surface area (Å²) in [5.41, 5.74) is 1.20. The molecule has 162 valence electrons. The number of hydrogen-bond donors (Lipinski definition) is 1. The lowest BCUT2D eigenvalue weighted by Gasteiger charge is -2.33. The molecule has 2 saturated heterocycles. The number of nitrogens with zero attached hydrogens (tertiary/aromatic N) is 5. The molecule has 2 aliphatic heterocycles. The van der Waals surface area contributed by atoms with Crippen LogP contribution in [0.25, 0.3) is 0 Å². The highest BCUT2D eigenvalue weighted by Crippen LogP contribution is 2.21. The molecule has 1 amide bonds. The maximum Gasteiger partial charge on any atom is 0.274 e. The van der Waals surface area contributed by atoms with Gasteiger partial charge in [-0.2, -0.15) is 5.10 Å². The predicted octanol–water partition coefficient (Wildman–Crippen LogP) is 1.46. The van der Waals surface area contributed by atoms with Gasteiger partial charge in [-0.3, -0.25) is 14.5 Å². The van der Waals surface area contributed by atoms with E-state index < -0.39 is 0 Å². The zero-order valence-electron chi connectivity index (χ0n) is 17.8. The number of anilines is 1. The van der Waals surface area contributed by atoms with E-state index in [2.05, 4.69) is 25.4 Å². The average Bonchev–Trinajstić information content (AvgIpc) is 3.12. The number of aromatic nitrogens is 3. The van der Waals surface area contributed by atoms with E-state index in [9.17, 15) is 9.59 Å². The fraction of sp³-hybridized carbons (Fsp3) is 0.619. The number of nitrogens with one attached hydrogen (secondary N) is 1. The maximum atomic E-state index is 12.9. The lowest BCUT2D eigenvalue weighted by atomic mass is 10.0. The van der Waals surface area contributed by atoms with E-state index in [1.54, 1.807) is 13.1 Å². The molecule has 0 unspecified atom stereocenters. The Morgan fingerprint density at radius 2 is 1.90 bits per heavy atom. The van der Waals surface area contributed by atoms with Gasteiger partial charge in [-0.05, 0) is 51.8 Å². The van der Waals surface area contributed by atoms with Crippen LogP contribution in [0.4, 0.5) is 5.82 Å². The molecule has 0 radical (unpaired) electrons. The van der Waals surface area contributed by atoms with Gasteiger partial charge in [0, 0.05) is 44.4 Å². The van der Waals surface area contributed by atoms with Gasteiger partial charge in [0.05, 0.1) is 0 Å². The minimum absolute atomic E-state index is 0.0844. The van der Waals surface area contributed by atoms with Crippen molar-refractivity contribution in [3.63, 3.8) is 0 Å². The van der Waals surface area contributed by atoms with E-state index in [1.165, 1.54) is 30.0 Å². The van der Waals surface area contributed by atoms with Gasteiger partial charge in [-0.15, -0.1) is 0 Å². The molecule has 2 aliphatic rings. The van der Waals surface area contributed by atoms with Gasteiger partial charge in [-0.1, -0.05) is 11.6 Å². The van der Waals surface area contributed by atoms with E-state index in [-0.39, 0.29) is 17.5 Å². The molecule has 4 heterocycles. The summed E-state index contributed by atoms with van der Waals surface area (Å²) in [6, 6.07) is 3.38. The van der Waals surface area contributed by atoms with Crippen LogP contribution in [0.3, 0.4) is 0 Å². The van der Waals surface area contributed by atoms with Crippen molar-refractivity contribution in [2.75, 3.05) is 31.1 Å². The van der Waals surface area contributed by atoms with Crippen LogP contribution >= 0.6 is 0 Å². The first-order chi connectivity index (χ1) is 14.5. The maximum absolute atomic E-state index is 12.9. The number of carbonyl (C=O) groups is 1. The Morgan fingerprint density at radius 3 is 2.60 bits per heavy atom. The first-order valence-corrected chi connectivity index (χ1v) is 10.8. The Morgan fingerprint density at radius 1 is 1.17 bits per heavy atom. The molecule has 0 atom stereocenters. The van der Waals surface area contributed by atoms with Crippen molar-refractivity contribution in [1.82, 2.24) is 25.2 Å². The minimum Gasteiger partial charge on any atom is -0.361 e. The summed E-state index contributed by atoms with van der Waals surface area (Å²) in [6.45, 7) is 6.26. The molecule has 2 aromatic rings. The fourth-order valence-electron chi connectivity index (χ4n) is 4.26. The molecule has 0 aromatic carbocycles. The van der Waals surface area contributed by atoms with Crippen LogP contribution in [0.15, 0.2) is 21.5 Å². The third-order valence-corrected chi connectivity index (χ3v) is 6.13. The number of hydrogen-bond acceptors (Lipinski definition) is 7. The summed E-state index contributed by atoms with van der Waals surface area (Å²) in [5, 5.41) is 11.5. The van der Waals surface area contributed by atoms with Crippen LogP contribution in [0.5, 0.6) is 0 Å². The van der Waals surface area contributed by atoms with Crippen molar-refractivity contribution >= 4 is 11.7 Å². The van der Waals surface area contributed by atoms with E-state index in [0.717, 1.165) is 62.7 Å². The number of likely N-dealkylation sites (tertiary alicyclic amines) is 1. The predicted molar refractivity (Wildman–Crippen MR) is 113 cm³/mol. The Balaban J connectivity index is 1.35. The Bertz CT molecular complexity index is 938. The van der Waals surface area contributed by atoms with Crippen LogP contribution in [0, 0.1) is 6.92 Å². The SMILES string of the molecule is Cc1onc(C(=O)NC2CCN(c3ccc(=O)n(C)n3)CC2)c1CN1CCCCC1. The molecule has 2 fully saturated rings. The lowest BCUT2D eigenvalue weighted by Crippen LogP contribution is -2.45. The number of rotatable bonds is 5. The quantitative estimate of drug-likeness (QED) is 0.791. The summed E-state index contributed by atoms with van der Waals surface area (Å²) < 4.78 is 6.71. The normalized spacial score (nSPS) is 18.5. The van der Waals surface area contributed by atoms with Gasteiger partial charge < -0.3 is 14.7 Å². The van der Waals surface area contributed by atoms with Crippen molar-refractivity contribution < 1.29 is 9.32 Å². The van der Waals surface area contributed by atoms with E-state index in [4.69, 9.17) is 4.52 Å². The molecule has 1 N–H and O–H groups in total. The zero-order valence-corrected chi connectivity index (χ0v) is 17.8. The van der Waals surface area contributed by atoms with E-state index >= 15 is 0 Å². The van der Waals surface area contributed by atoms with Gasteiger partial charge in [-0.25, -0.2) is 4.68 Å². The zero-order chi connectivity index (χ0) is 21.1. The third kappa shape index (κ3) is 4.56. The van der Waals surface area contributed by atoms with Crippen molar-refractivity contribution in [3.05, 3.63) is 39.5 Å². The van der Waals surface area contributed by atoms with Gasteiger partial charge in [0.25, 0.3) is 11.5 Å². The summed E-state index contributed by atoms with van der Waals surface area (Å²) in [4.78, 5) is 29.0. The Kier molecular flexibility index (Phi) is 6.17. The number of piperidine rings is 2. The Hall–Kier alpha value is -2.68. The molecule has 2 aromatic heterocycles. The molecule has 9 nitrogen and oxygen atoms in total. The molecule has 0 aliphatic carbocycles. The topological polar surface area (TPSA) is 96.5 Å². The number of aryl methyl sites for hydroxylation is 2. The van der Waals surface area contributed by atoms with Crippen molar-refractivity contribution in [2.24, 2.45) is 7.05 Å². The van der Waals surface area contributed by atoms with Crippen LogP contribution in [-0.4, -0.2) is 58.0 Å². The van der Waals surface area contributed by atoms with E-state index in [1.807, 2.05) is 6.92 Å². The molecule has 9 heteroatoms. The molecule has 30 heavy (non-hydrogen) atoms. The third-order valence-electron chi connectivity index (χ3n) is 6.13. The summed E-state index contributed by atoms with van der Waals surface area (Å²) in [7, 11) is 1.65. The monoisotopic (exact) mass is 414 g/mol. The molecular weight excluding hydrogens is 384 g/mol. The summed E-state index contributed by atoms with van der Waals surface area (Å²) in [5.74, 6) is 1.36. The van der Waals surface area contributed by atoms with Crippen molar-refractivity contribution in [2.45, 2.75) is 51.6 Å². The smallest absolute Gasteiger partial charge is 0.274 e. The summed E-state index contributed by atoms with van der Waals surface area (Å²) >= 11 is 0. The van der Waals surface area contributed by atoms with Gasteiger partial charge in [0.15, 0.2) is 5.69 Å². The largest absolute Gasteiger partial charge is 0.361 e. The first-order valence-electron chi connectivity index (χ1n) is 10.8. The molecule has 0 saturated carbocycles. The van der Waals surface area contributed by atoms with Crippen molar-refractivity contribution in [3.8, 4) is 0 Å². The molecule has 0 bridgehead atoms. The molecule has 4 rings (SSSR count). The summed E-state index contributed by atoms with van der Waals surface area (Å²) in [6.07, 6.45) is 5.31. The van der Waals surface area contributed by atoms with Gasteiger partial charge in [0.1, 0.15) is 11.6 Å². The lowest BCUT2D eigenvalue weighted by molar-refractivity contribution is 0.0919. The van der Waals surface area contributed by atoms with Crippen molar-refractivity contribution in [1.29, 1.82) is 0 Å². The van der Waals surface area contributed by atoms with Gasteiger partial charge >= 0.3 is 0 Å². The van der Waals surface area contributed by atoms with Crippen LogP contribution in [0.2, 0.25) is 0 Å². The highest BCUT2D eigenvalue weighted by atomic mass is 16.5. The number of amides is 1. The average molecular weight is 415 g/mol. The second kappa shape index (κ2) is 8.99. The Labute approximate surface area is 176 Å². The highest BCUT2D eigenvalue weighted by Gasteiger charge is 2.27. The second-order valence-corrected chi connectivity index (χ2v) is 8.29. The van der Waals surface area contributed by atoms with Crippen LogP contribution in [-0.2, 0) is 13.6 Å². The van der Waals surface area contributed by atoms with Crippen LogP contribution < -0.4 is 15.8 Å². The highest BCUT2D eigenvalue weighted by molar-refractivity contribution is 5.94. The molecular formula is C21H30N6O3.